The molecule has 0 bridgehead atoms. The van der Waals surface area contributed by atoms with Gasteiger partial charge in [0, 0.05) is 17.8 Å². The van der Waals surface area contributed by atoms with Gasteiger partial charge in [0.2, 0.25) is 0 Å². The average Bonchev–Trinajstić information content (AvgIpc) is 2.56. The van der Waals surface area contributed by atoms with E-state index in [1.54, 1.807) is 0 Å². The molecular formula is C13H17BrN2. The molecule has 0 aliphatic rings. The molecule has 1 aromatic heterocycles. The maximum atomic E-state index is 4.62. The smallest absolute Gasteiger partial charge is 0.0708 e. The molecule has 0 saturated heterocycles. The van der Waals surface area contributed by atoms with Gasteiger partial charge in [0.05, 0.1) is 11.2 Å². The van der Waals surface area contributed by atoms with Crippen LogP contribution >= 0.6 is 15.9 Å². The van der Waals surface area contributed by atoms with E-state index >= 15 is 0 Å². The standard InChI is InChI=1S/C13H17BrN2/c1-13(2,9-14)8-11-10-6-4-5-7-12(10)16(3)15-11/h4-7H,8-9H2,1-3H3. The Morgan fingerprint density at radius 2 is 2.00 bits per heavy atom. The average molecular weight is 281 g/mol. The summed E-state index contributed by atoms with van der Waals surface area (Å²) in [7, 11) is 2.01. The number of rotatable bonds is 3. The molecule has 16 heavy (non-hydrogen) atoms. The van der Waals surface area contributed by atoms with Gasteiger partial charge in [-0.15, -0.1) is 0 Å². The largest absolute Gasteiger partial charge is 0.268 e. The minimum absolute atomic E-state index is 0.247. The van der Waals surface area contributed by atoms with Gasteiger partial charge in [0.25, 0.3) is 0 Å². The van der Waals surface area contributed by atoms with E-state index in [0.717, 1.165) is 11.8 Å². The van der Waals surface area contributed by atoms with Crippen molar-refractivity contribution < 1.29 is 0 Å². The van der Waals surface area contributed by atoms with E-state index in [0.29, 0.717) is 0 Å². The van der Waals surface area contributed by atoms with Crippen molar-refractivity contribution in [3.8, 4) is 0 Å². The molecule has 0 aliphatic heterocycles. The number of aryl methyl sites for hydroxylation is 1. The van der Waals surface area contributed by atoms with Gasteiger partial charge in [-0.05, 0) is 17.9 Å². The number of hydrogen-bond acceptors (Lipinski definition) is 1. The number of halogens is 1. The number of aromatic nitrogens is 2. The zero-order valence-corrected chi connectivity index (χ0v) is 11.6. The Bertz CT molecular complexity index is 500. The Morgan fingerprint density at radius 3 is 2.69 bits per heavy atom. The number of fused-ring (bicyclic) bond motifs is 1. The van der Waals surface area contributed by atoms with E-state index < -0.39 is 0 Å². The fraction of sp³-hybridized carbons (Fsp3) is 0.462. The van der Waals surface area contributed by atoms with Gasteiger partial charge in [-0.25, -0.2) is 0 Å². The van der Waals surface area contributed by atoms with E-state index in [1.165, 1.54) is 16.6 Å². The highest BCUT2D eigenvalue weighted by Crippen LogP contribution is 2.27. The molecule has 0 aliphatic carbocycles. The minimum atomic E-state index is 0.247. The Kier molecular flexibility index (Phi) is 3.06. The molecule has 0 unspecified atom stereocenters. The first kappa shape index (κ1) is 11.6. The zero-order valence-electron chi connectivity index (χ0n) is 10.00. The summed E-state index contributed by atoms with van der Waals surface area (Å²) in [5.41, 5.74) is 2.65. The SMILES string of the molecule is Cn1nc(CC(C)(C)CBr)c2ccccc21. The van der Waals surface area contributed by atoms with E-state index in [1.807, 2.05) is 11.7 Å². The monoisotopic (exact) mass is 280 g/mol. The highest BCUT2D eigenvalue weighted by atomic mass is 79.9. The summed E-state index contributed by atoms with van der Waals surface area (Å²) < 4.78 is 1.97. The maximum Gasteiger partial charge on any atom is 0.0708 e. The van der Waals surface area contributed by atoms with Crippen molar-refractivity contribution in [2.45, 2.75) is 20.3 Å². The van der Waals surface area contributed by atoms with Crippen molar-refractivity contribution in [3.05, 3.63) is 30.0 Å². The summed E-state index contributed by atoms with van der Waals surface area (Å²) >= 11 is 3.56. The number of para-hydroxylation sites is 1. The molecule has 1 aromatic carbocycles. The van der Waals surface area contributed by atoms with Crippen molar-refractivity contribution >= 4 is 26.8 Å². The van der Waals surface area contributed by atoms with Crippen LogP contribution in [-0.4, -0.2) is 15.1 Å². The van der Waals surface area contributed by atoms with Crippen LogP contribution in [0, 0.1) is 5.41 Å². The highest BCUT2D eigenvalue weighted by Gasteiger charge is 2.20. The van der Waals surface area contributed by atoms with Gasteiger partial charge in [-0.1, -0.05) is 48.0 Å². The summed E-state index contributed by atoms with van der Waals surface area (Å²) in [5, 5.41) is 6.89. The molecule has 86 valence electrons. The molecule has 2 nitrogen and oxygen atoms in total. The molecule has 0 fully saturated rings. The summed E-state index contributed by atoms with van der Waals surface area (Å²) in [5.74, 6) is 0. The molecule has 0 amide bonds. The zero-order chi connectivity index (χ0) is 11.8. The minimum Gasteiger partial charge on any atom is -0.268 e. The molecule has 2 rings (SSSR count). The maximum absolute atomic E-state index is 4.62. The lowest BCUT2D eigenvalue weighted by Crippen LogP contribution is -2.17. The fourth-order valence-electron chi connectivity index (χ4n) is 1.92. The molecular weight excluding hydrogens is 264 g/mol. The van der Waals surface area contributed by atoms with Crippen LogP contribution in [-0.2, 0) is 13.5 Å². The number of alkyl halides is 1. The third-order valence-electron chi connectivity index (χ3n) is 2.84. The first-order valence-corrected chi connectivity index (χ1v) is 6.62. The molecule has 0 spiro atoms. The quantitative estimate of drug-likeness (QED) is 0.787. The molecule has 0 N–H and O–H groups in total. The molecule has 0 radical (unpaired) electrons. The van der Waals surface area contributed by atoms with Crippen molar-refractivity contribution in [1.82, 2.24) is 9.78 Å². The van der Waals surface area contributed by atoms with Gasteiger partial charge in [0.15, 0.2) is 0 Å². The highest BCUT2D eigenvalue weighted by molar-refractivity contribution is 9.09. The van der Waals surface area contributed by atoms with Crippen molar-refractivity contribution in [2.75, 3.05) is 5.33 Å². The Hall–Kier alpha value is -0.830. The second kappa shape index (κ2) is 4.21. The molecule has 0 atom stereocenters. The van der Waals surface area contributed by atoms with Crippen LogP contribution in [0.15, 0.2) is 24.3 Å². The number of hydrogen-bond donors (Lipinski definition) is 0. The molecule has 0 saturated carbocycles. The van der Waals surface area contributed by atoms with Crippen molar-refractivity contribution in [1.29, 1.82) is 0 Å². The normalized spacial score (nSPS) is 12.2. The predicted octanol–water partition coefficient (Wildman–Crippen LogP) is 3.54. The van der Waals surface area contributed by atoms with Crippen molar-refractivity contribution in [2.24, 2.45) is 12.5 Å². The van der Waals surface area contributed by atoms with Crippen LogP contribution < -0.4 is 0 Å². The van der Waals surface area contributed by atoms with Crippen LogP contribution in [0.3, 0.4) is 0 Å². The Balaban J connectivity index is 2.46. The third-order valence-corrected chi connectivity index (χ3v) is 4.36. The predicted molar refractivity (Wildman–Crippen MR) is 72.0 cm³/mol. The van der Waals surface area contributed by atoms with E-state index in [4.69, 9.17) is 0 Å². The van der Waals surface area contributed by atoms with Crippen LogP contribution in [0.1, 0.15) is 19.5 Å². The topological polar surface area (TPSA) is 17.8 Å². The van der Waals surface area contributed by atoms with Gasteiger partial charge >= 0.3 is 0 Å². The summed E-state index contributed by atoms with van der Waals surface area (Å²) in [6.45, 7) is 4.51. The fourth-order valence-corrected chi connectivity index (χ4v) is 2.12. The second-order valence-corrected chi connectivity index (χ2v) is 5.62. The number of nitrogens with zero attached hydrogens (tertiary/aromatic N) is 2. The van der Waals surface area contributed by atoms with E-state index in [2.05, 4.69) is 59.1 Å². The summed E-state index contributed by atoms with van der Waals surface area (Å²) in [6, 6.07) is 8.41. The van der Waals surface area contributed by atoms with Gasteiger partial charge < -0.3 is 0 Å². The van der Waals surface area contributed by atoms with Crippen LogP contribution in [0.25, 0.3) is 10.9 Å². The van der Waals surface area contributed by atoms with Crippen LogP contribution in [0.5, 0.6) is 0 Å². The van der Waals surface area contributed by atoms with Gasteiger partial charge in [-0.3, -0.25) is 4.68 Å². The van der Waals surface area contributed by atoms with Gasteiger partial charge in [-0.2, -0.15) is 5.10 Å². The first-order valence-electron chi connectivity index (χ1n) is 5.50. The molecule has 2 aromatic rings. The lowest BCUT2D eigenvalue weighted by atomic mass is 9.89. The van der Waals surface area contributed by atoms with Crippen LogP contribution in [0.2, 0.25) is 0 Å². The second-order valence-electron chi connectivity index (χ2n) is 5.06. The van der Waals surface area contributed by atoms with Crippen molar-refractivity contribution in [3.63, 3.8) is 0 Å². The van der Waals surface area contributed by atoms with Crippen LogP contribution in [0.4, 0.5) is 0 Å². The van der Waals surface area contributed by atoms with E-state index in [-0.39, 0.29) is 5.41 Å². The van der Waals surface area contributed by atoms with Gasteiger partial charge in [0.1, 0.15) is 0 Å². The Morgan fingerprint density at radius 1 is 1.31 bits per heavy atom. The Labute approximate surface area is 105 Å². The summed E-state index contributed by atoms with van der Waals surface area (Å²) in [6.07, 6.45) is 1.000. The lowest BCUT2D eigenvalue weighted by Gasteiger charge is -2.19. The lowest BCUT2D eigenvalue weighted by molar-refractivity contribution is 0.419. The molecule has 1 heterocycles. The first-order chi connectivity index (χ1) is 7.53. The molecule has 3 heteroatoms. The third kappa shape index (κ3) is 2.14. The van der Waals surface area contributed by atoms with E-state index in [9.17, 15) is 0 Å². The summed E-state index contributed by atoms with van der Waals surface area (Å²) in [4.78, 5) is 0. The number of benzene rings is 1.